The number of hydrogen-bond donors (Lipinski definition) is 1. The summed E-state index contributed by atoms with van der Waals surface area (Å²) in [6, 6.07) is 8.14. The minimum atomic E-state index is -3.82. The second-order valence-electron chi connectivity index (χ2n) is 10.5. The van der Waals surface area contributed by atoms with E-state index in [9.17, 15) is 13.2 Å². The predicted octanol–water partition coefficient (Wildman–Crippen LogP) is 4.64. The van der Waals surface area contributed by atoms with Gasteiger partial charge in [-0.2, -0.15) is 0 Å². The van der Waals surface area contributed by atoms with Gasteiger partial charge < -0.3 is 14.5 Å². The molecule has 0 amide bonds. The monoisotopic (exact) mass is 570 g/mol. The van der Waals surface area contributed by atoms with Crippen molar-refractivity contribution in [3.8, 4) is 0 Å². The molecule has 40 heavy (non-hydrogen) atoms. The first-order valence-corrected chi connectivity index (χ1v) is 15.2. The second-order valence-corrected chi connectivity index (χ2v) is 12.2. The van der Waals surface area contributed by atoms with Crippen molar-refractivity contribution < 1.29 is 22.8 Å². The number of hydrogen-bond acceptors (Lipinski definition) is 8. The Morgan fingerprint density at radius 2 is 1.90 bits per heavy atom. The Hall–Kier alpha value is -3.24. The molecule has 1 aromatic carbocycles. The average Bonchev–Trinajstić information content (AvgIpc) is 3.09. The van der Waals surface area contributed by atoms with Crippen molar-refractivity contribution >= 4 is 27.9 Å². The summed E-state index contributed by atoms with van der Waals surface area (Å²) in [5.41, 5.74) is 5.45. The molecule has 10 heteroatoms. The van der Waals surface area contributed by atoms with Gasteiger partial charge >= 0.3 is 5.97 Å². The van der Waals surface area contributed by atoms with E-state index >= 15 is 0 Å². The van der Waals surface area contributed by atoms with Crippen molar-refractivity contribution in [1.29, 1.82) is 0 Å². The van der Waals surface area contributed by atoms with E-state index in [2.05, 4.69) is 32.5 Å². The number of aryl methyl sites for hydroxylation is 4. The molecule has 2 aromatic rings. The molecule has 1 aliphatic rings. The van der Waals surface area contributed by atoms with E-state index in [-0.39, 0.29) is 29.3 Å². The molecule has 2 heterocycles. The third kappa shape index (κ3) is 8.89. The van der Waals surface area contributed by atoms with E-state index in [0.29, 0.717) is 6.54 Å². The van der Waals surface area contributed by atoms with Crippen LogP contribution in [0.5, 0.6) is 0 Å². The average molecular weight is 571 g/mol. The first-order valence-electron chi connectivity index (χ1n) is 13.7. The molecule has 0 aliphatic carbocycles. The number of benzene rings is 1. The maximum atomic E-state index is 13.1. The van der Waals surface area contributed by atoms with E-state index in [1.807, 2.05) is 27.7 Å². The summed E-state index contributed by atoms with van der Waals surface area (Å²) >= 11 is 0. The fourth-order valence-corrected chi connectivity index (χ4v) is 5.74. The minimum Gasteiger partial charge on any atom is -0.469 e. The van der Waals surface area contributed by atoms with Crippen molar-refractivity contribution in [2.24, 2.45) is 11.1 Å². The molecule has 0 spiro atoms. The molecule has 218 valence electrons. The van der Waals surface area contributed by atoms with Crippen LogP contribution < -0.4 is 9.62 Å². The van der Waals surface area contributed by atoms with Gasteiger partial charge in [-0.1, -0.05) is 41.9 Å². The van der Waals surface area contributed by atoms with Gasteiger partial charge in [0.2, 0.25) is 10.0 Å². The number of carbonyl (C=O) groups excluding carboxylic acids is 1. The number of oxime groups is 1. The highest BCUT2D eigenvalue weighted by Gasteiger charge is 2.23. The third-order valence-electron chi connectivity index (χ3n) is 7.04. The largest absolute Gasteiger partial charge is 0.469 e. The van der Waals surface area contributed by atoms with Gasteiger partial charge in [0, 0.05) is 12.2 Å². The van der Waals surface area contributed by atoms with Crippen molar-refractivity contribution in [1.82, 2.24) is 9.71 Å². The van der Waals surface area contributed by atoms with Gasteiger partial charge in [0.1, 0.15) is 6.10 Å². The summed E-state index contributed by atoms with van der Waals surface area (Å²) in [5.74, 6) is -0.691. The van der Waals surface area contributed by atoms with Crippen molar-refractivity contribution in [3.63, 3.8) is 0 Å². The van der Waals surface area contributed by atoms with E-state index in [1.54, 1.807) is 36.4 Å². The molecule has 3 rings (SSSR count). The fourth-order valence-electron chi connectivity index (χ4n) is 4.47. The molecular formula is C30H42N4O5S. The highest BCUT2D eigenvalue weighted by atomic mass is 32.2. The van der Waals surface area contributed by atoms with Crippen LogP contribution in [0.2, 0.25) is 0 Å². The van der Waals surface area contributed by atoms with E-state index in [1.165, 1.54) is 13.3 Å². The zero-order valence-corrected chi connectivity index (χ0v) is 25.2. The first-order chi connectivity index (χ1) is 19.0. The third-order valence-corrected chi connectivity index (χ3v) is 8.51. The molecule has 1 unspecified atom stereocenters. The van der Waals surface area contributed by atoms with Crippen LogP contribution in [0.1, 0.15) is 55.6 Å². The highest BCUT2D eigenvalue weighted by molar-refractivity contribution is 7.89. The van der Waals surface area contributed by atoms with Crippen LogP contribution in [-0.4, -0.2) is 57.9 Å². The molecule has 1 N–H and O–H groups in total. The quantitative estimate of drug-likeness (QED) is 0.171. The van der Waals surface area contributed by atoms with Crippen LogP contribution in [0.15, 0.2) is 52.5 Å². The summed E-state index contributed by atoms with van der Waals surface area (Å²) in [7, 11) is -2.50. The lowest BCUT2D eigenvalue weighted by Crippen LogP contribution is -2.40. The number of rotatable bonds is 12. The number of fused-ring (bicyclic) bond motifs is 1. The molecule has 0 radical (unpaired) electrons. The van der Waals surface area contributed by atoms with Crippen LogP contribution in [0, 0.1) is 26.7 Å². The Balaban J connectivity index is 1.73. The Labute approximate surface area is 238 Å². The molecular weight excluding hydrogens is 528 g/mol. The van der Waals surface area contributed by atoms with Crippen molar-refractivity contribution in [2.75, 3.05) is 25.1 Å². The van der Waals surface area contributed by atoms with Crippen molar-refractivity contribution in [3.05, 3.63) is 65.0 Å². The number of ether oxygens (including phenoxy) is 1. The summed E-state index contributed by atoms with van der Waals surface area (Å²) in [6.07, 6.45) is 7.87. The Kier molecular flexibility index (Phi) is 11.3. The second kappa shape index (κ2) is 14.4. The Morgan fingerprint density at radius 3 is 2.60 bits per heavy atom. The molecule has 0 saturated carbocycles. The maximum Gasteiger partial charge on any atom is 0.309 e. The standard InChI is InChI=1S/C30H42N4O5S/c1-21-13-15-26(16-14-21)40(36,37)33-28(22(2)10-9-12-30(35)38-6)19-31-39-24(4)20-34-17-8-7-11-27-29(34)18-23(3)25(5)32-27/h9-10,13-16,18-19,22,24,28,33H,7-8,11-12,17,20H2,1-6H3/t22-,24?,28-/m1/s1. The normalized spacial score (nSPS) is 16.4. The summed E-state index contributed by atoms with van der Waals surface area (Å²) < 4.78 is 33.7. The van der Waals surface area contributed by atoms with Gasteiger partial charge in [-0.05, 0) is 76.6 Å². The number of nitrogens with zero attached hydrogens (tertiary/aromatic N) is 3. The van der Waals surface area contributed by atoms with Crippen LogP contribution in [0.4, 0.5) is 5.69 Å². The number of sulfonamides is 1. The number of pyridine rings is 1. The number of carbonyl (C=O) groups is 1. The van der Waals surface area contributed by atoms with Crippen LogP contribution in [-0.2, 0) is 30.8 Å². The lowest BCUT2D eigenvalue weighted by Gasteiger charge is -2.27. The van der Waals surface area contributed by atoms with Gasteiger partial charge in [0.15, 0.2) is 0 Å². The van der Waals surface area contributed by atoms with E-state index in [4.69, 9.17) is 9.82 Å². The molecule has 0 saturated heterocycles. The maximum absolute atomic E-state index is 13.1. The number of aromatic nitrogens is 1. The summed E-state index contributed by atoms with van der Waals surface area (Å²) in [5, 5.41) is 4.20. The molecule has 1 aromatic heterocycles. The van der Waals surface area contributed by atoms with Gasteiger partial charge in [-0.3, -0.25) is 9.78 Å². The highest BCUT2D eigenvalue weighted by Crippen LogP contribution is 2.27. The van der Waals surface area contributed by atoms with Crippen LogP contribution in [0.25, 0.3) is 0 Å². The zero-order chi connectivity index (χ0) is 29.3. The number of esters is 1. The lowest BCUT2D eigenvalue weighted by atomic mass is 10.0. The summed E-state index contributed by atoms with van der Waals surface area (Å²) in [4.78, 5) is 24.6. The molecule has 3 atom stereocenters. The predicted molar refractivity (Wildman–Crippen MR) is 158 cm³/mol. The molecule has 1 aliphatic heterocycles. The smallest absolute Gasteiger partial charge is 0.309 e. The van der Waals surface area contributed by atoms with E-state index < -0.39 is 16.1 Å². The first kappa shape index (κ1) is 31.3. The van der Waals surface area contributed by atoms with Gasteiger partial charge in [-0.15, -0.1) is 0 Å². The molecule has 0 bridgehead atoms. The lowest BCUT2D eigenvalue weighted by molar-refractivity contribution is -0.139. The van der Waals surface area contributed by atoms with Crippen LogP contribution in [0.3, 0.4) is 0 Å². The Bertz CT molecular complexity index is 1310. The SMILES string of the molecule is COC(=O)CC=C[C@@H](C)[C@@H](C=NOC(C)CN1CCCCc2nc(C)c(C)cc21)NS(=O)(=O)c1ccc(C)cc1. The number of methoxy groups -OCH3 is 1. The van der Waals surface area contributed by atoms with Gasteiger partial charge in [-0.25, -0.2) is 13.1 Å². The van der Waals surface area contributed by atoms with Gasteiger partial charge in [0.05, 0.1) is 48.6 Å². The topological polar surface area (TPSA) is 110 Å². The van der Waals surface area contributed by atoms with E-state index in [0.717, 1.165) is 54.0 Å². The molecule has 9 nitrogen and oxygen atoms in total. The Morgan fingerprint density at radius 1 is 1.18 bits per heavy atom. The molecule has 0 fully saturated rings. The number of nitrogens with one attached hydrogen (secondary N) is 1. The zero-order valence-electron chi connectivity index (χ0n) is 24.4. The fraction of sp³-hybridized carbons (Fsp3) is 0.500. The van der Waals surface area contributed by atoms with Gasteiger partial charge in [0.25, 0.3) is 0 Å². The van der Waals surface area contributed by atoms with Crippen molar-refractivity contribution in [2.45, 2.75) is 77.3 Å². The summed E-state index contributed by atoms with van der Waals surface area (Å²) in [6.45, 7) is 11.3. The minimum absolute atomic E-state index is 0.0914. The van der Waals surface area contributed by atoms with Crippen LogP contribution >= 0.6 is 0 Å². The number of anilines is 1.